The minimum atomic E-state index is -0.104. The van der Waals surface area contributed by atoms with Crippen LogP contribution < -0.4 is 20.4 Å². The maximum atomic E-state index is 10.1. The van der Waals surface area contributed by atoms with Crippen molar-refractivity contribution in [1.82, 2.24) is 11.3 Å². The molecule has 0 amide bonds. The van der Waals surface area contributed by atoms with E-state index in [1.54, 1.807) is 12.1 Å². The standard InChI is InChI=1S/C10H14N2O5.H3N/c1-15-8-5-4-7(6-12(14)11-13)9(16-2)10(8)17-3;/h4-5,14H,6H2,1-3H3;1H3. The maximum absolute atomic E-state index is 10.1. The number of hydrogen-bond acceptors (Lipinski definition) is 7. The van der Waals surface area contributed by atoms with Crippen molar-refractivity contribution in [2.24, 2.45) is 5.29 Å². The van der Waals surface area contributed by atoms with Gasteiger partial charge in [0.1, 0.15) is 0 Å². The third-order valence-electron chi connectivity index (χ3n) is 2.19. The summed E-state index contributed by atoms with van der Waals surface area (Å²) in [5.74, 6) is 1.28. The van der Waals surface area contributed by atoms with Crippen molar-refractivity contribution in [3.8, 4) is 17.2 Å². The predicted octanol–water partition coefficient (Wildman–Crippen LogP) is 1.75. The van der Waals surface area contributed by atoms with Gasteiger partial charge in [-0.15, -0.1) is 10.1 Å². The first-order valence-corrected chi connectivity index (χ1v) is 4.75. The van der Waals surface area contributed by atoms with Crippen molar-refractivity contribution in [3.05, 3.63) is 22.6 Å². The van der Waals surface area contributed by atoms with E-state index < -0.39 is 0 Å². The van der Waals surface area contributed by atoms with Crippen LogP contribution in [0.3, 0.4) is 0 Å². The number of benzene rings is 1. The van der Waals surface area contributed by atoms with Gasteiger partial charge in [-0.25, -0.2) is 0 Å². The molecule has 0 saturated carbocycles. The van der Waals surface area contributed by atoms with Crippen LogP contribution in [-0.4, -0.2) is 31.7 Å². The number of nitrogens with zero attached hydrogens (tertiary/aromatic N) is 2. The van der Waals surface area contributed by atoms with Crippen LogP contribution in [-0.2, 0) is 6.54 Å². The number of methoxy groups -OCH3 is 3. The SMILES string of the molecule is COc1ccc(CN(O)N=O)c(OC)c1OC.N. The van der Waals surface area contributed by atoms with Crippen LogP contribution in [0.1, 0.15) is 5.56 Å². The molecular formula is C10H17N3O5. The predicted molar refractivity (Wildman–Crippen MR) is 64.2 cm³/mol. The highest BCUT2D eigenvalue weighted by Gasteiger charge is 2.17. The van der Waals surface area contributed by atoms with Gasteiger partial charge in [0.15, 0.2) is 11.5 Å². The first-order chi connectivity index (χ1) is 8.17. The van der Waals surface area contributed by atoms with E-state index >= 15 is 0 Å². The van der Waals surface area contributed by atoms with E-state index in [1.807, 2.05) is 0 Å². The summed E-state index contributed by atoms with van der Waals surface area (Å²) in [5, 5.41) is 11.7. The molecule has 0 bridgehead atoms. The zero-order valence-electron chi connectivity index (χ0n) is 10.5. The second-order valence-electron chi connectivity index (χ2n) is 3.11. The smallest absolute Gasteiger partial charge is 0.203 e. The normalized spacial score (nSPS) is 9.11. The van der Waals surface area contributed by atoms with E-state index in [-0.39, 0.29) is 17.9 Å². The molecule has 0 aliphatic heterocycles. The van der Waals surface area contributed by atoms with E-state index in [0.717, 1.165) is 0 Å². The van der Waals surface area contributed by atoms with E-state index in [0.29, 0.717) is 22.8 Å². The van der Waals surface area contributed by atoms with Crippen LogP contribution in [0.25, 0.3) is 0 Å². The van der Waals surface area contributed by atoms with Gasteiger partial charge in [0.25, 0.3) is 0 Å². The number of ether oxygens (including phenoxy) is 3. The number of hydroxylamine groups is 1. The number of nitroso groups, excluding NO2 is 1. The Kier molecular flexibility index (Phi) is 6.47. The minimum Gasteiger partial charge on any atom is -0.493 e. The highest BCUT2D eigenvalue weighted by molar-refractivity contribution is 5.55. The molecule has 0 spiro atoms. The number of rotatable bonds is 6. The van der Waals surface area contributed by atoms with Crippen LogP contribution in [0.2, 0.25) is 0 Å². The molecule has 4 N–H and O–H groups in total. The molecule has 0 unspecified atom stereocenters. The summed E-state index contributed by atoms with van der Waals surface area (Å²) in [6.45, 7) is -0.104. The first-order valence-electron chi connectivity index (χ1n) is 4.75. The average molecular weight is 259 g/mol. The Balaban J connectivity index is 0.00000289. The monoisotopic (exact) mass is 259 g/mol. The van der Waals surface area contributed by atoms with Gasteiger partial charge in [0.2, 0.25) is 5.75 Å². The van der Waals surface area contributed by atoms with Crippen LogP contribution in [0.4, 0.5) is 0 Å². The average Bonchev–Trinajstić information content (AvgIpc) is 2.37. The molecule has 102 valence electrons. The van der Waals surface area contributed by atoms with Gasteiger partial charge in [-0.2, -0.15) is 0 Å². The molecule has 1 rings (SSSR count). The van der Waals surface area contributed by atoms with Crippen molar-refractivity contribution in [2.45, 2.75) is 6.54 Å². The van der Waals surface area contributed by atoms with Crippen molar-refractivity contribution < 1.29 is 19.4 Å². The molecule has 8 heteroatoms. The van der Waals surface area contributed by atoms with E-state index in [1.165, 1.54) is 21.3 Å². The lowest BCUT2D eigenvalue weighted by Gasteiger charge is -2.16. The highest BCUT2D eigenvalue weighted by Crippen LogP contribution is 2.39. The Labute approximate surface area is 105 Å². The fourth-order valence-electron chi connectivity index (χ4n) is 1.47. The van der Waals surface area contributed by atoms with Gasteiger partial charge in [-0.05, 0) is 12.1 Å². The molecule has 0 heterocycles. The van der Waals surface area contributed by atoms with Crippen molar-refractivity contribution in [2.75, 3.05) is 21.3 Å². The third-order valence-corrected chi connectivity index (χ3v) is 2.19. The molecule has 0 radical (unpaired) electrons. The highest BCUT2D eigenvalue weighted by atomic mass is 16.6. The van der Waals surface area contributed by atoms with Crippen LogP contribution in [0.5, 0.6) is 17.2 Å². The Morgan fingerprint density at radius 3 is 2.22 bits per heavy atom. The summed E-state index contributed by atoms with van der Waals surface area (Å²) in [6, 6.07) is 3.30. The molecular weight excluding hydrogens is 242 g/mol. The molecule has 18 heavy (non-hydrogen) atoms. The zero-order valence-corrected chi connectivity index (χ0v) is 10.5. The second kappa shape index (κ2) is 7.30. The molecule has 1 aromatic carbocycles. The summed E-state index contributed by atoms with van der Waals surface area (Å²) >= 11 is 0. The Bertz CT molecular complexity index is 399. The molecule has 0 atom stereocenters. The van der Waals surface area contributed by atoms with Crippen LogP contribution >= 0.6 is 0 Å². The lowest BCUT2D eigenvalue weighted by Crippen LogP contribution is -2.11. The van der Waals surface area contributed by atoms with Crippen molar-refractivity contribution >= 4 is 0 Å². The lowest BCUT2D eigenvalue weighted by molar-refractivity contribution is -0.101. The zero-order chi connectivity index (χ0) is 12.8. The van der Waals surface area contributed by atoms with Crippen LogP contribution in [0.15, 0.2) is 17.4 Å². The van der Waals surface area contributed by atoms with E-state index in [9.17, 15) is 4.91 Å². The van der Waals surface area contributed by atoms with Crippen LogP contribution in [0, 0.1) is 4.91 Å². The Hall–Kier alpha value is -2.06. The Morgan fingerprint density at radius 1 is 1.17 bits per heavy atom. The van der Waals surface area contributed by atoms with E-state index in [2.05, 4.69) is 5.29 Å². The van der Waals surface area contributed by atoms with Gasteiger partial charge < -0.3 is 20.4 Å². The van der Waals surface area contributed by atoms with E-state index in [4.69, 9.17) is 19.4 Å². The molecule has 0 fully saturated rings. The largest absolute Gasteiger partial charge is 0.493 e. The summed E-state index contributed by atoms with van der Waals surface area (Å²) < 4.78 is 15.4. The topological polar surface area (TPSA) is 116 Å². The van der Waals surface area contributed by atoms with Crippen molar-refractivity contribution in [1.29, 1.82) is 0 Å². The fourth-order valence-corrected chi connectivity index (χ4v) is 1.47. The van der Waals surface area contributed by atoms with Gasteiger partial charge in [-0.3, -0.25) is 5.21 Å². The quantitative estimate of drug-likeness (QED) is 0.590. The molecule has 0 aliphatic carbocycles. The van der Waals surface area contributed by atoms with Gasteiger partial charge in [0, 0.05) is 5.56 Å². The molecule has 1 aromatic rings. The molecule has 0 aliphatic rings. The minimum absolute atomic E-state index is 0. The summed E-state index contributed by atoms with van der Waals surface area (Å²) in [7, 11) is 4.43. The summed E-state index contributed by atoms with van der Waals surface area (Å²) in [5.41, 5.74) is 0.548. The molecule has 0 saturated heterocycles. The maximum Gasteiger partial charge on any atom is 0.203 e. The third kappa shape index (κ3) is 3.22. The Morgan fingerprint density at radius 2 is 1.78 bits per heavy atom. The summed E-state index contributed by atoms with van der Waals surface area (Å²) in [6.07, 6.45) is 0. The lowest BCUT2D eigenvalue weighted by atomic mass is 10.1. The first kappa shape index (κ1) is 15.9. The molecule has 8 nitrogen and oxygen atoms in total. The van der Waals surface area contributed by atoms with Gasteiger partial charge in [-0.1, -0.05) is 0 Å². The second-order valence-corrected chi connectivity index (χ2v) is 3.11. The van der Waals surface area contributed by atoms with Crippen molar-refractivity contribution in [3.63, 3.8) is 0 Å². The van der Waals surface area contributed by atoms with Gasteiger partial charge in [0.05, 0.1) is 33.2 Å². The fraction of sp³-hybridized carbons (Fsp3) is 0.400. The molecule has 0 aromatic heterocycles. The van der Waals surface area contributed by atoms with Gasteiger partial charge >= 0.3 is 0 Å². The number of hydrogen-bond donors (Lipinski definition) is 2. The summed E-state index contributed by atoms with van der Waals surface area (Å²) in [4.78, 5) is 10.1.